The lowest BCUT2D eigenvalue weighted by Crippen LogP contribution is -2.19. The third-order valence-corrected chi connectivity index (χ3v) is 6.89. The molecule has 0 bridgehead atoms. The van der Waals surface area contributed by atoms with E-state index in [1.165, 1.54) is 23.3 Å². The van der Waals surface area contributed by atoms with Crippen LogP contribution in [0.2, 0.25) is 0 Å². The standard InChI is InChI=1S/C31H31F2NO/c1-20-9-8-18-31(3,4)26(20)17-14-21(2)29(33)25-16-15-23(19-27(25)32)30(35)34-28-13-7-11-22-10-5-6-12-24(22)28/h5-7,10-17,19H,8-9,18H2,1-4H3,(H,34,35)/b17-14+,29-21-. The summed E-state index contributed by atoms with van der Waals surface area (Å²) in [5, 5.41) is 4.72. The van der Waals surface area contributed by atoms with Crippen molar-refractivity contribution in [2.24, 2.45) is 5.41 Å². The van der Waals surface area contributed by atoms with Crippen LogP contribution < -0.4 is 5.32 Å². The summed E-state index contributed by atoms with van der Waals surface area (Å²) in [6, 6.07) is 17.2. The molecule has 1 aliphatic carbocycles. The monoisotopic (exact) mass is 471 g/mol. The zero-order chi connectivity index (χ0) is 25.2. The number of anilines is 1. The van der Waals surface area contributed by atoms with Crippen LogP contribution in [0.4, 0.5) is 14.5 Å². The molecule has 3 aromatic carbocycles. The minimum absolute atomic E-state index is 0.0416. The highest BCUT2D eigenvalue weighted by Gasteiger charge is 2.26. The number of carbonyl (C=O) groups excluding carboxylic acids is 1. The number of carbonyl (C=O) groups is 1. The van der Waals surface area contributed by atoms with Crippen molar-refractivity contribution in [2.45, 2.75) is 47.0 Å². The molecule has 0 unspecified atom stereocenters. The van der Waals surface area contributed by atoms with E-state index in [-0.39, 0.29) is 16.5 Å². The first-order valence-electron chi connectivity index (χ1n) is 12.0. The van der Waals surface area contributed by atoms with Gasteiger partial charge < -0.3 is 5.32 Å². The van der Waals surface area contributed by atoms with Gasteiger partial charge in [0, 0.05) is 22.2 Å². The average Bonchev–Trinajstić information content (AvgIpc) is 2.83. The molecule has 1 aliphatic rings. The first-order chi connectivity index (χ1) is 16.7. The van der Waals surface area contributed by atoms with Gasteiger partial charge in [0.05, 0.1) is 0 Å². The van der Waals surface area contributed by atoms with Crippen molar-refractivity contribution < 1.29 is 13.6 Å². The summed E-state index contributed by atoms with van der Waals surface area (Å²) in [4.78, 5) is 12.8. The summed E-state index contributed by atoms with van der Waals surface area (Å²) in [6.45, 7) is 8.16. The van der Waals surface area contributed by atoms with Crippen molar-refractivity contribution >= 4 is 28.2 Å². The van der Waals surface area contributed by atoms with Gasteiger partial charge in [-0.3, -0.25) is 4.79 Å². The van der Waals surface area contributed by atoms with Crippen molar-refractivity contribution in [3.8, 4) is 0 Å². The molecule has 0 heterocycles. The molecular formula is C31H31F2NO. The third kappa shape index (κ3) is 5.27. The molecule has 0 atom stereocenters. The van der Waals surface area contributed by atoms with Gasteiger partial charge in [0.1, 0.15) is 11.6 Å². The van der Waals surface area contributed by atoms with Crippen LogP contribution in [0.3, 0.4) is 0 Å². The Bertz CT molecular complexity index is 1370. The average molecular weight is 472 g/mol. The molecule has 0 saturated heterocycles. The highest BCUT2D eigenvalue weighted by Crippen LogP contribution is 2.41. The number of benzene rings is 3. The Morgan fingerprint density at radius 3 is 2.54 bits per heavy atom. The van der Waals surface area contributed by atoms with Crippen molar-refractivity contribution in [2.75, 3.05) is 5.32 Å². The molecule has 2 nitrogen and oxygen atoms in total. The lowest BCUT2D eigenvalue weighted by atomic mass is 9.72. The van der Waals surface area contributed by atoms with Crippen molar-refractivity contribution in [1.82, 2.24) is 0 Å². The predicted molar refractivity (Wildman–Crippen MR) is 141 cm³/mol. The van der Waals surface area contributed by atoms with Gasteiger partial charge in [-0.1, -0.05) is 68.0 Å². The Balaban J connectivity index is 1.56. The number of rotatable bonds is 5. The predicted octanol–water partition coefficient (Wildman–Crippen LogP) is 9.01. The molecule has 1 amide bonds. The molecule has 4 rings (SSSR count). The van der Waals surface area contributed by atoms with E-state index in [0.717, 1.165) is 36.1 Å². The Morgan fingerprint density at radius 2 is 1.80 bits per heavy atom. The maximum atomic E-state index is 15.2. The van der Waals surface area contributed by atoms with E-state index in [1.807, 2.05) is 42.5 Å². The summed E-state index contributed by atoms with van der Waals surface area (Å²) in [7, 11) is 0. The van der Waals surface area contributed by atoms with E-state index in [1.54, 1.807) is 19.1 Å². The summed E-state index contributed by atoms with van der Waals surface area (Å²) in [5.74, 6) is -1.85. The smallest absolute Gasteiger partial charge is 0.255 e. The number of hydrogen-bond donors (Lipinski definition) is 1. The molecule has 0 radical (unpaired) electrons. The van der Waals surface area contributed by atoms with Crippen LogP contribution in [0, 0.1) is 11.2 Å². The van der Waals surface area contributed by atoms with E-state index in [2.05, 4.69) is 26.1 Å². The third-order valence-electron chi connectivity index (χ3n) is 6.89. The van der Waals surface area contributed by atoms with Crippen molar-refractivity contribution in [1.29, 1.82) is 0 Å². The van der Waals surface area contributed by atoms with E-state index in [9.17, 15) is 9.18 Å². The molecule has 3 aromatic rings. The van der Waals surface area contributed by atoms with Crippen LogP contribution in [0.5, 0.6) is 0 Å². The summed E-state index contributed by atoms with van der Waals surface area (Å²) < 4.78 is 30.1. The minimum Gasteiger partial charge on any atom is -0.321 e. The van der Waals surface area contributed by atoms with Crippen LogP contribution in [0.25, 0.3) is 16.6 Å². The number of nitrogens with one attached hydrogen (secondary N) is 1. The fraction of sp³-hybridized carbons (Fsp3) is 0.258. The molecule has 0 spiro atoms. The highest BCUT2D eigenvalue weighted by atomic mass is 19.1. The molecule has 4 heteroatoms. The maximum absolute atomic E-state index is 15.2. The molecule has 1 N–H and O–H groups in total. The Morgan fingerprint density at radius 1 is 1.06 bits per heavy atom. The van der Waals surface area contributed by atoms with Gasteiger partial charge in [0.15, 0.2) is 0 Å². The molecule has 0 aromatic heterocycles. The Hall–Kier alpha value is -3.53. The minimum atomic E-state index is -0.769. The van der Waals surface area contributed by atoms with Gasteiger partial charge in [0.2, 0.25) is 0 Å². The molecule has 35 heavy (non-hydrogen) atoms. The van der Waals surface area contributed by atoms with Gasteiger partial charge >= 0.3 is 0 Å². The van der Waals surface area contributed by atoms with Crippen molar-refractivity contribution in [3.63, 3.8) is 0 Å². The van der Waals surface area contributed by atoms with Crippen molar-refractivity contribution in [3.05, 3.63) is 106 Å². The van der Waals surface area contributed by atoms with Gasteiger partial charge in [0.25, 0.3) is 5.91 Å². The first kappa shape index (κ1) is 24.6. The Kier molecular flexibility index (Phi) is 7.02. The van der Waals surface area contributed by atoms with Gasteiger partial charge in [-0.15, -0.1) is 0 Å². The van der Waals surface area contributed by atoms with Crippen LogP contribution in [-0.2, 0) is 0 Å². The number of amides is 1. The SMILES string of the molecule is CC1=C(/C=C/C(C)=C(\F)c2ccc(C(=O)Nc3cccc4ccccc34)cc2F)C(C)(C)CCC1. The van der Waals surface area contributed by atoms with Crippen LogP contribution in [0.15, 0.2) is 89.5 Å². The molecule has 0 aliphatic heterocycles. The Labute approximate surface area is 206 Å². The molecule has 0 saturated carbocycles. The number of allylic oxidation sites excluding steroid dienone is 5. The summed E-state index contributed by atoms with van der Waals surface area (Å²) >= 11 is 0. The fourth-order valence-electron chi connectivity index (χ4n) is 4.87. The zero-order valence-corrected chi connectivity index (χ0v) is 20.7. The van der Waals surface area contributed by atoms with Crippen LogP contribution in [0.1, 0.15) is 62.9 Å². The molecular weight excluding hydrogens is 440 g/mol. The topological polar surface area (TPSA) is 29.1 Å². The number of fused-ring (bicyclic) bond motifs is 1. The summed E-state index contributed by atoms with van der Waals surface area (Å²) in [6.07, 6.45) is 6.98. The maximum Gasteiger partial charge on any atom is 0.255 e. The normalized spacial score (nSPS) is 16.5. The lowest BCUT2D eigenvalue weighted by Gasteiger charge is -2.33. The van der Waals surface area contributed by atoms with Gasteiger partial charge in [-0.25, -0.2) is 8.78 Å². The van der Waals surface area contributed by atoms with E-state index >= 15 is 4.39 Å². The summed E-state index contributed by atoms with van der Waals surface area (Å²) in [5.41, 5.74) is 3.54. The first-order valence-corrected chi connectivity index (χ1v) is 12.0. The van der Waals surface area contributed by atoms with Crippen LogP contribution >= 0.6 is 0 Å². The second kappa shape index (κ2) is 9.99. The van der Waals surface area contributed by atoms with E-state index in [0.29, 0.717) is 11.3 Å². The molecule has 0 fully saturated rings. The van der Waals surface area contributed by atoms with E-state index in [4.69, 9.17) is 0 Å². The van der Waals surface area contributed by atoms with E-state index < -0.39 is 17.6 Å². The number of hydrogen-bond acceptors (Lipinski definition) is 1. The second-order valence-corrected chi connectivity index (χ2v) is 9.94. The second-order valence-electron chi connectivity index (χ2n) is 9.94. The van der Waals surface area contributed by atoms with Crippen LogP contribution in [-0.4, -0.2) is 5.91 Å². The van der Waals surface area contributed by atoms with Gasteiger partial charge in [-0.2, -0.15) is 0 Å². The molecule has 180 valence electrons. The number of halogens is 2. The lowest BCUT2D eigenvalue weighted by molar-refractivity contribution is 0.102. The zero-order valence-electron chi connectivity index (χ0n) is 20.7. The fourth-order valence-corrected chi connectivity index (χ4v) is 4.87. The van der Waals surface area contributed by atoms with Gasteiger partial charge in [-0.05, 0) is 79.3 Å². The highest BCUT2D eigenvalue weighted by molar-refractivity contribution is 6.09. The largest absolute Gasteiger partial charge is 0.321 e. The quantitative estimate of drug-likeness (QED) is 0.370.